The Morgan fingerprint density at radius 1 is 1.20 bits per heavy atom. The van der Waals surface area contributed by atoms with Gasteiger partial charge in [-0.1, -0.05) is 48.9 Å². The number of hydrogen-bond donors (Lipinski definition) is 2. The maximum Gasteiger partial charge on any atom is 0.315 e. The van der Waals surface area contributed by atoms with E-state index in [4.69, 9.17) is 11.6 Å². The first-order chi connectivity index (χ1) is 11.9. The number of amides is 1. The van der Waals surface area contributed by atoms with Crippen LogP contribution in [0.25, 0.3) is 0 Å². The minimum atomic E-state index is -1.21. The first kappa shape index (κ1) is 19.3. The van der Waals surface area contributed by atoms with Gasteiger partial charge in [0.05, 0.1) is 5.56 Å². The molecule has 1 amide bonds. The largest absolute Gasteiger partial charge is 0.481 e. The fourth-order valence-corrected chi connectivity index (χ4v) is 3.49. The van der Waals surface area contributed by atoms with E-state index in [1.54, 1.807) is 49.4 Å². The minimum Gasteiger partial charge on any atom is -0.481 e. The zero-order chi connectivity index (χ0) is 18.4. The number of rotatable bonds is 7. The van der Waals surface area contributed by atoms with E-state index < -0.39 is 11.4 Å². The first-order valence-electron chi connectivity index (χ1n) is 7.88. The summed E-state index contributed by atoms with van der Waals surface area (Å²) >= 11 is 7.52. The molecule has 132 valence electrons. The van der Waals surface area contributed by atoms with Crippen molar-refractivity contribution in [2.45, 2.75) is 24.2 Å². The third-order valence-corrected chi connectivity index (χ3v) is 5.15. The summed E-state index contributed by atoms with van der Waals surface area (Å²) in [7, 11) is 0. The van der Waals surface area contributed by atoms with Crippen molar-refractivity contribution in [3.05, 3.63) is 64.7 Å². The molecular formula is C19H20ClNO3S. The predicted octanol–water partition coefficient (Wildman–Crippen LogP) is 4.22. The van der Waals surface area contributed by atoms with Gasteiger partial charge in [0.2, 0.25) is 0 Å². The highest BCUT2D eigenvalue weighted by molar-refractivity contribution is 7.99. The summed E-state index contributed by atoms with van der Waals surface area (Å²) < 4.78 is 0. The molecule has 1 atom stereocenters. The Balaban J connectivity index is 2.22. The molecule has 0 radical (unpaired) electrons. The summed E-state index contributed by atoms with van der Waals surface area (Å²) in [6.45, 7) is 3.59. The molecule has 25 heavy (non-hydrogen) atoms. The zero-order valence-electron chi connectivity index (χ0n) is 14.1. The van der Waals surface area contributed by atoms with Crippen LogP contribution in [0.4, 0.5) is 0 Å². The van der Waals surface area contributed by atoms with Crippen molar-refractivity contribution in [1.82, 2.24) is 5.32 Å². The second kappa shape index (κ2) is 8.41. The van der Waals surface area contributed by atoms with E-state index in [2.05, 4.69) is 5.32 Å². The number of carboxylic acid groups (broad SMARTS) is 1. The van der Waals surface area contributed by atoms with Crippen molar-refractivity contribution in [3.8, 4) is 0 Å². The fraction of sp³-hybridized carbons (Fsp3) is 0.263. The van der Waals surface area contributed by atoms with Crippen molar-refractivity contribution < 1.29 is 14.7 Å². The molecule has 4 nitrogen and oxygen atoms in total. The molecule has 0 saturated carbocycles. The molecular weight excluding hydrogens is 358 g/mol. The zero-order valence-corrected chi connectivity index (χ0v) is 15.7. The number of carboxylic acids is 1. The summed E-state index contributed by atoms with van der Waals surface area (Å²) in [5, 5.41) is 13.0. The normalized spacial score (nSPS) is 13.1. The molecule has 0 aliphatic rings. The van der Waals surface area contributed by atoms with Crippen molar-refractivity contribution in [2.75, 3.05) is 12.3 Å². The standard InChI is InChI=1S/C19H20ClNO3S/c1-3-25-16-11-14(20)9-10-15(16)17(22)21-12-19(2,18(23)24)13-7-5-4-6-8-13/h4-11H,3,12H2,1-2H3,(H,21,22)(H,23,24). The van der Waals surface area contributed by atoms with E-state index in [0.29, 0.717) is 16.1 Å². The van der Waals surface area contributed by atoms with Crippen LogP contribution in [-0.4, -0.2) is 29.3 Å². The Kier molecular flexibility index (Phi) is 6.51. The summed E-state index contributed by atoms with van der Waals surface area (Å²) in [5.41, 5.74) is -0.0689. The van der Waals surface area contributed by atoms with Gasteiger partial charge in [-0.15, -0.1) is 11.8 Å². The molecule has 0 fully saturated rings. The van der Waals surface area contributed by atoms with Gasteiger partial charge in [0.25, 0.3) is 5.91 Å². The molecule has 0 aliphatic heterocycles. The number of hydrogen-bond acceptors (Lipinski definition) is 3. The lowest BCUT2D eigenvalue weighted by Gasteiger charge is -2.26. The second-order valence-electron chi connectivity index (χ2n) is 5.76. The molecule has 0 bridgehead atoms. The van der Waals surface area contributed by atoms with Gasteiger partial charge >= 0.3 is 5.97 Å². The van der Waals surface area contributed by atoms with Gasteiger partial charge in [-0.25, -0.2) is 0 Å². The Hall–Kier alpha value is -1.98. The van der Waals surface area contributed by atoms with Gasteiger partial charge in [-0.3, -0.25) is 9.59 Å². The molecule has 2 rings (SSSR count). The van der Waals surface area contributed by atoms with Crippen LogP contribution in [0.2, 0.25) is 5.02 Å². The maximum atomic E-state index is 12.6. The third-order valence-electron chi connectivity index (χ3n) is 3.97. The molecule has 0 aromatic heterocycles. The van der Waals surface area contributed by atoms with Crippen molar-refractivity contribution in [1.29, 1.82) is 0 Å². The molecule has 2 aromatic carbocycles. The van der Waals surface area contributed by atoms with E-state index in [0.717, 1.165) is 10.6 Å². The van der Waals surface area contributed by atoms with Gasteiger partial charge in [0.1, 0.15) is 5.41 Å². The van der Waals surface area contributed by atoms with Crippen LogP contribution >= 0.6 is 23.4 Å². The van der Waals surface area contributed by atoms with E-state index in [-0.39, 0.29) is 12.5 Å². The lowest BCUT2D eigenvalue weighted by atomic mass is 9.82. The van der Waals surface area contributed by atoms with Crippen LogP contribution in [0.1, 0.15) is 29.8 Å². The smallest absolute Gasteiger partial charge is 0.315 e. The molecule has 2 aromatic rings. The van der Waals surface area contributed by atoms with Gasteiger partial charge in [-0.2, -0.15) is 0 Å². The number of benzene rings is 2. The summed E-state index contributed by atoms with van der Waals surface area (Å²) in [6, 6.07) is 14.0. The highest BCUT2D eigenvalue weighted by atomic mass is 35.5. The maximum absolute atomic E-state index is 12.6. The molecule has 0 spiro atoms. The summed E-state index contributed by atoms with van der Waals surface area (Å²) in [5.74, 6) is -0.494. The quantitative estimate of drug-likeness (QED) is 0.709. The molecule has 6 heteroatoms. The molecule has 1 unspecified atom stereocenters. The van der Waals surface area contributed by atoms with Crippen LogP contribution in [0.15, 0.2) is 53.4 Å². The SMILES string of the molecule is CCSc1cc(Cl)ccc1C(=O)NCC(C)(C(=O)O)c1ccccc1. The van der Waals surface area contributed by atoms with Crippen LogP contribution in [0.5, 0.6) is 0 Å². The highest BCUT2D eigenvalue weighted by Crippen LogP contribution is 2.27. The molecule has 0 saturated heterocycles. The number of halogens is 1. The van der Waals surface area contributed by atoms with Crippen molar-refractivity contribution >= 4 is 35.2 Å². The van der Waals surface area contributed by atoms with E-state index in [1.807, 2.05) is 13.0 Å². The van der Waals surface area contributed by atoms with E-state index in [9.17, 15) is 14.7 Å². The lowest BCUT2D eigenvalue weighted by molar-refractivity contribution is -0.142. The lowest BCUT2D eigenvalue weighted by Crippen LogP contribution is -2.44. The third kappa shape index (κ3) is 4.55. The molecule has 2 N–H and O–H groups in total. The monoisotopic (exact) mass is 377 g/mol. The van der Waals surface area contributed by atoms with Crippen LogP contribution in [0.3, 0.4) is 0 Å². The Morgan fingerprint density at radius 3 is 2.48 bits per heavy atom. The van der Waals surface area contributed by atoms with E-state index >= 15 is 0 Å². The number of aliphatic carboxylic acids is 1. The first-order valence-corrected chi connectivity index (χ1v) is 9.24. The average Bonchev–Trinajstić information content (AvgIpc) is 2.60. The average molecular weight is 378 g/mol. The van der Waals surface area contributed by atoms with E-state index in [1.165, 1.54) is 11.8 Å². The summed E-state index contributed by atoms with van der Waals surface area (Å²) in [4.78, 5) is 25.2. The number of nitrogens with one attached hydrogen (secondary N) is 1. The van der Waals surface area contributed by atoms with Gasteiger partial charge in [0, 0.05) is 16.5 Å². The van der Waals surface area contributed by atoms with Crippen molar-refractivity contribution in [2.24, 2.45) is 0 Å². The van der Waals surface area contributed by atoms with Gasteiger partial charge in [0.15, 0.2) is 0 Å². The molecule has 0 aliphatic carbocycles. The molecule has 0 heterocycles. The van der Waals surface area contributed by atoms with Crippen LogP contribution < -0.4 is 5.32 Å². The topological polar surface area (TPSA) is 66.4 Å². The second-order valence-corrected chi connectivity index (χ2v) is 7.50. The Morgan fingerprint density at radius 2 is 1.88 bits per heavy atom. The highest BCUT2D eigenvalue weighted by Gasteiger charge is 2.35. The predicted molar refractivity (Wildman–Crippen MR) is 102 cm³/mol. The number of carbonyl (C=O) groups is 2. The van der Waals surface area contributed by atoms with Gasteiger partial charge < -0.3 is 10.4 Å². The minimum absolute atomic E-state index is 0.00988. The number of carbonyl (C=O) groups excluding carboxylic acids is 1. The van der Waals surface area contributed by atoms with Crippen LogP contribution in [-0.2, 0) is 10.2 Å². The Labute approximate surface area is 156 Å². The number of thioether (sulfide) groups is 1. The van der Waals surface area contributed by atoms with Crippen LogP contribution in [0, 0.1) is 0 Å². The summed E-state index contributed by atoms with van der Waals surface area (Å²) in [6.07, 6.45) is 0. The van der Waals surface area contributed by atoms with Gasteiger partial charge in [-0.05, 0) is 36.4 Å². The Bertz CT molecular complexity index is 767. The fourth-order valence-electron chi connectivity index (χ4n) is 2.42. The van der Waals surface area contributed by atoms with Crippen molar-refractivity contribution in [3.63, 3.8) is 0 Å².